The molecule has 28 heavy (non-hydrogen) atoms. The highest BCUT2D eigenvalue weighted by Gasteiger charge is 2.03. The number of halogens is 1. The first kappa shape index (κ1) is 20.2. The number of carbonyl (C=O) groups is 1. The Hall–Kier alpha value is -2.57. The lowest BCUT2D eigenvalue weighted by Gasteiger charge is -2.05. The fourth-order valence-corrected chi connectivity index (χ4v) is 3.76. The minimum Gasteiger partial charge on any atom is -0.457 e. The van der Waals surface area contributed by atoms with Gasteiger partial charge < -0.3 is 4.74 Å². The van der Waals surface area contributed by atoms with Crippen molar-refractivity contribution in [3.05, 3.63) is 94.5 Å². The third-order valence-electron chi connectivity index (χ3n) is 3.71. The SMILES string of the molecule is O=C(CSCc1ccccc1Br)N/N=C\c1ccc(Oc2ccccc2)cc1. The van der Waals surface area contributed by atoms with Gasteiger partial charge in [0.05, 0.1) is 12.0 Å². The molecule has 0 unspecified atom stereocenters. The molecule has 1 amide bonds. The standard InChI is InChI=1S/C22H19BrN2O2S/c23-21-9-5-4-6-18(21)15-28-16-22(26)25-24-14-17-10-12-20(13-11-17)27-19-7-2-1-3-8-19/h1-14H,15-16H2,(H,25,26)/b24-14-. The summed E-state index contributed by atoms with van der Waals surface area (Å²) in [7, 11) is 0. The minimum atomic E-state index is -0.127. The third-order valence-corrected chi connectivity index (χ3v) is 5.47. The number of rotatable bonds is 8. The molecule has 0 aliphatic carbocycles. The average molecular weight is 455 g/mol. The molecule has 6 heteroatoms. The third kappa shape index (κ3) is 6.55. The van der Waals surface area contributed by atoms with Gasteiger partial charge in [-0.05, 0) is 53.6 Å². The molecule has 1 N–H and O–H groups in total. The Bertz CT molecular complexity index is 931. The number of para-hydroxylation sites is 1. The molecule has 3 rings (SSSR count). The first-order valence-corrected chi connectivity index (χ1v) is 10.6. The number of amides is 1. The molecule has 142 valence electrons. The predicted octanol–water partition coefficient (Wildman–Crippen LogP) is 5.62. The molecular weight excluding hydrogens is 436 g/mol. The van der Waals surface area contributed by atoms with Gasteiger partial charge in [0, 0.05) is 10.2 Å². The van der Waals surface area contributed by atoms with Crippen LogP contribution in [0.3, 0.4) is 0 Å². The van der Waals surface area contributed by atoms with Gasteiger partial charge in [-0.2, -0.15) is 5.10 Å². The highest BCUT2D eigenvalue weighted by molar-refractivity contribution is 9.10. The van der Waals surface area contributed by atoms with E-state index in [0.29, 0.717) is 5.75 Å². The van der Waals surface area contributed by atoms with Crippen LogP contribution < -0.4 is 10.2 Å². The van der Waals surface area contributed by atoms with Crippen LogP contribution in [-0.2, 0) is 10.5 Å². The fraction of sp³-hybridized carbons (Fsp3) is 0.0909. The zero-order valence-electron chi connectivity index (χ0n) is 15.0. The Morgan fingerprint density at radius 2 is 1.64 bits per heavy atom. The topological polar surface area (TPSA) is 50.7 Å². The molecule has 0 saturated carbocycles. The van der Waals surface area contributed by atoms with Crippen LogP contribution in [0.1, 0.15) is 11.1 Å². The monoisotopic (exact) mass is 454 g/mol. The lowest BCUT2D eigenvalue weighted by molar-refractivity contribution is -0.118. The van der Waals surface area contributed by atoms with E-state index < -0.39 is 0 Å². The molecule has 0 spiro atoms. The van der Waals surface area contributed by atoms with Crippen molar-refractivity contribution in [1.82, 2.24) is 5.43 Å². The van der Waals surface area contributed by atoms with Gasteiger partial charge in [0.1, 0.15) is 11.5 Å². The van der Waals surface area contributed by atoms with Gasteiger partial charge in [-0.3, -0.25) is 4.79 Å². The van der Waals surface area contributed by atoms with Gasteiger partial charge >= 0.3 is 0 Å². The van der Waals surface area contributed by atoms with E-state index in [4.69, 9.17) is 4.74 Å². The van der Waals surface area contributed by atoms with Crippen LogP contribution in [0.2, 0.25) is 0 Å². The molecule has 0 saturated heterocycles. The first-order valence-electron chi connectivity index (χ1n) is 8.67. The molecule has 0 aromatic heterocycles. The van der Waals surface area contributed by atoms with E-state index in [1.54, 1.807) is 18.0 Å². The Balaban J connectivity index is 1.41. The van der Waals surface area contributed by atoms with Crippen molar-refractivity contribution in [1.29, 1.82) is 0 Å². The molecule has 0 atom stereocenters. The number of nitrogens with zero attached hydrogens (tertiary/aromatic N) is 1. The van der Waals surface area contributed by atoms with Gasteiger partial charge in [-0.1, -0.05) is 52.3 Å². The molecular formula is C22H19BrN2O2S. The van der Waals surface area contributed by atoms with Crippen molar-refractivity contribution in [3.8, 4) is 11.5 Å². The van der Waals surface area contributed by atoms with Crippen LogP contribution in [0.5, 0.6) is 11.5 Å². The summed E-state index contributed by atoms with van der Waals surface area (Å²) in [6.45, 7) is 0. The maximum Gasteiger partial charge on any atom is 0.250 e. The summed E-state index contributed by atoms with van der Waals surface area (Å²) in [5.74, 6) is 2.52. The van der Waals surface area contributed by atoms with E-state index in [9.17, 15) is 4.79 Å². The summed E-state index contributed by atoms with van der Waals surface area (Å²) in [5.41, 5.74) is 4.60. The van der Waals surface area contributed by atoms with Crippen molar-refractivity contribution < 1.29 is 9.53 Å². The summed E-state index contributed by atoms with van der Waals surface area (Å²) < 4.78 is 6.80. The average Bonchev–Trinajstić information content (AvgIpc) is 2.72. The van der Waals surface area contributed by atoms with E-state index >= 15 is 0 Å². The Morgan fingerprint density at radius 3 is 2.39 bits per heavy atom. The van der Waals surface area contributed by atoms with Crippen LogP contribution >= 0.6 is 27.7 Å². The van der Waals surface area contributed by atoms with E-state index in [2.05, 4.69) is 26.5 Å². The second-order valence-corrected chi connectivity index (χ2v) is 7.70. The van der Waals surface area contributed by atoms with E-state index in [1.807, 2.05) is 78.9 Å². The van der Waals surface area contributed by atoms with Crippen LogP contribution in [0.4, 0.5) is 0 Å². The number of thioether (sulfide) groups is 1. The molecule has 4 nitrogen and oxygen atoms in total. The van der Waals surface area contributed by atoms with Crippen LogP contribution in [-0.4, -0.2) is 17.9 Å². The zero-order valence-corrected chi connectivity index (χ0v) is 17.4. The lowest BCUT2D eigenvalue weighted by Crippen LogP contribution is -2.19. The van der Waals surface area contributed by atoms with Gasteiger partial charge in [0.2, 0.25) is 5.91 Å². The highest BCUT2D eigenvalue weighted by atomic mass is 79.9. The smallest absolute Gasteiger partial charge is 0.250 e. The number of hydrogen-bond donors (Lipinski definition) is 1. The van der Waals surface area contributed by atoms with Crippen molar-refractivity contribution in [2.75, 3.05) is 5.75 Å². The Labute approximate surface area is 177 Å². The first-order chi connectivity index (χ1) is 13.7. The van der Waals surface area contributed by atoms with Gasteiger partial charge in [0.25, 0.3) is 0 Å². The predicted molar refractivity (Wildman–Crippen MR) is 119 cm³/mol. The maximum atomic E-state index is 11.9. The van der Waals surface area contributed by atoms with E-state index in [0.717, 1.165) is 27.3 Å². The number of hydrogen-bond acceptors (Lipinski definition) is 4. The molecule has 0 radical (unpaired) electrons. The minimum absolute atomic E-state index is 0.127. The summed E-state index contributed by atoms with van der Waals surface area (Å²) in [6, 6.07) is 25.1. The van der Waals surface area contributed by atoms with Crippen molar-refractivity contribution in [2.45, 2.75) is 5.75 Å². The molecule has 0 aliphatic heterocycles. The zero-order chi connectivity index (χ0) is 19.6. The van der Waals surface area contributed by atoms with Crippen LogP contribution in [0.15, 0.2) is 88.4 Å². The second-order valence-electron chi connectivity index (χ2n) is 5.86. The molecule has 0 heterocycles. The Morgan fingerprint density at radius 1 is 0.964 bits per heavy atom. The summed E-state index contributed by atoms with van der Waals surface area (Å²) in [6.07, 6.45) is 1.61. The van der Waals surface area contributed by atoms with E-state index in [-0.39, 0.29) is 5.91 Å². The van der Waals surface area contributed by atoms with Crippen molar-refractivity contribution >= 4 is 39.8 Å². The maximum absolute atomic E-state index is 11.9. The normalized spacial score (nSPS) is 10.8. The highest BCUT2D eigenvalue weighted by Crippen LogP contribution is 2.21. The van der Waals surface area contributed by atoms with Crippen molar-refractivity contribution in [2.24, 2.45) is 5.10 Å². The second kappa shape index (κ2) is 10.7. The number of carbonyl (C=O) groups excluding carboxylic acids is 1. The van der Waals surface area contributed by atoms with Crippen molar-refractivity contribution in [3.63, 3.8) is 0 Å². The molecule has 3 aromatic carbocycles. The van der Waals surface area contributed by atoms with Crippen LogP contribution in [0, 0.1) is 0 Å². The molecule has 3 aromatic rings. The number of benzene rings is 3. The molecule has 0 bridgehead atoms. The summed E-state index contributed by atoms with van der Waals surface area (Å²) in [5, 5.41) is 4.01. The largest absolute Gasteiger partial charge is 0.457 e. The fourth-order valence-electron chi connectivity index (χ4n) is 2.33. The van der Waals surface area contributed by atoms with Crippen LogP contribution in [0.25, 0.3) is 0 Å². The summed E-state index contributed by atoms with van der Waals surface area (Å²) >= 11 is 5.05. The van der Waals surface area contributed by atoms with E-state index in [1.165, 1.54) is 5.56 Å². The summed E-state index contributed by atoms with van der Waals surface area (Å²) in [4.78, 5) is 11.9. The van der Waals surface area contributed by atoms with Gasteiger partial charge in [-0.15, -0.1) is 11.8 Å². The van der Waals surface area contributed by atoms with Gasteiger partial charge in [-0.25, -0.2) is 5.43 Å². The molecule has 0 fully saturated rings. The number of hydrazone groups is 1. The number of ether oxygens (including phenoxy) is 1. The van der Waals surface area contributed by atoms with Gasteiger partial charge in [0.15, 0.2) is 0 Å². The quantitative estimate of drug-likeness (QED) is 0.354. The lowest BCUT2D eigenvalue weighted by atomic mass is 10.2. The Kier molecular flexibility index (Phi) is 7.70. The molecule has 0 aliphatic rings. The number of nitrogens with one attached hydrogen (secondary N) is 1.